The van der Waals surface area contributed by atoms with Crippen molar-refractivity contribution in [1.29, 1.82) is 0 Å². The third-order valence-electron chi connectivity index (χ3n) is 4.99. The number of anilines is 3. The minimum Gasteiger partial charge on any atom is -0.454 e. The fourth-order valence-electron chi connectivity index (χ4n) is 3.44. The van der Waals surface area contributed by atoms with Gasteiger partial charge in [0.25, 0.3) is 10.0 Å². The van der Waals surface area contributed by atoms with Crippen LogP contribution >= 0.6 is 0 Å². The molecule has 12 nitrogen and oxygen atoms in total. The summed E-state index contributed by atoms with van der Waals surface area (Å²) in [6.45, 7) is 2.96. The number of amides is 1. The monoisotopic (exact) mass is 533 g/mol. The van der Waals surface area contributed by atoms with E-state index in [0.29, 0.717) is 22.9 Å². The molecule has 4 rings (SSSR count). The zero-order valence-electron chi connectivity index (χ0n) is 19.5. The Bertz CT molecular complexity index is 1500. The Morgan fingerprint density at radius 1 is 0.944 bits per heavy atom. The average molecular weight is 534 g/mol. The summed E-state index contributed by atoms with van der Waals surface area (Å²) in [5.41, 5.74) is 1.74. The van der Waals surface area contributed by atoms with Crippen molar-refractivity contribution in [2.75, 3.05) is 33.9 Å². The quantitative estimate of drug-likeness (QED) is 0.442. The highest BCUT2D eigenvalue weighted by Gasteiger charge is 2.24. The van der Waals surface area contributed by atoms with Crippen LogP contribution in [-0.2, 0) is 24.8 Å². The Hall–Kier alpha value is -3.91. The highest BCUT2D eigenvalue weighted by atomic mass is 32.2. The van der Waals surface area contributed by atoms with Gasteiger partial charge in [0.15, 0.2) is 11.5 Å². The molecule has 36 heavy (non-hydrogen) atoms. The zero-order valence-corrected chi connectivity index (χ0v) is 21.2. The van der Waals surface area contributed by atoms with E-state index in [4.69, 9.17) is 9.47 Å². The number of carbonyl (C=O) groups is 1. The molecule has 2 N–H and O–H groups in total. The number of sulfonamides is 2. The number of hydrogen-bond donors (Lipinski definition) is 2. The number of rotatable bonds is 8. The molecule has 1 aliphatic heterocycles. The molecule has 2 heterocycles. The SMILES string of the molecule is Cc1cc(C)nc(NS(=O)(=O)c2ccc(NC(=O)CN(c3ccc4c(c3)OCO4)S(C)(=O)=O)cc2)n1. The normalized spacial score (nSPS) is 12.8. The maximum absolute atomic E-state index is 12.7. The van der Waals surface area contributed by atoms with Crippen LogP contribution in [0.3, 0.4) is 0 Å². The number of aromatic nitrogens is 2. The Morgan fingerprint density at radius 3 is 2.22 bits per heavy atom. The maximum Gasteiger partial charge on any atom is 0.264 e. The molecule has 14 heteroatoms. The van der Waals surface area contributed by atoms with Crippen molar-refractivity contribution in [1.82, 2.24) is 9.97 Å². The van der Waals surface area contributed by atoms with E-state index in [2.05, 4.69) is 20.0 Å². The molecule has 0 fully saturated rings. The van der Waals surface area contributed by atoms with Crippen molar-refractivity contribution < 1.29 is 31.1 Å². The summed E-state index contributed by atoms with van der Waals surface area (Å²) in [4.78, 5) is 20.7. The minimum atomic E-state index is -3.97. The van der Waals surface area contributed by atoms with Crippen molar-refractivity contribution in [3.63, 3.8) is 0 Å². The largest absolute Gasteiger partial charge is 0.454 e. The van der Waals surface area contributed by atoms with E-state index < -0.39 is 32.5 Å². The molecule has 0 aliphatic carbocycles. The molecule has 3 aromatic rings. The minimum absolute atomic E-state index is 0.0248. The Balaban J connectivity index is 1.46. The highest BCUT2D eigenvalue weighted by Crippen LogP contribution is 2.36. The molecule has 0 saturated heterocycles. The van der Waals surface area contributed by atoms with E-state index in [1.807, 2.05) is 0 Å². The summed E-state index contributed by atoms with van der Waals surface area (Å²) in [5, 5.41) is 2.57. The summed E-state index contributed by atoms with van der Waals surface area (Å²) >= 11 is 0. The van der Waals surface area contributed by atoms with Gasteiger partial charge in [0.05, 0.1) is 16.8 Å². The number of benzene rings is 2. The van der Waals surface area contributed by atoms with E-state index in [-0.39, 0.29) is 29.0 Å². The summed E-state index contributed by atoms with van der Waals surface area (Å²) in [5.74, 6) is 0.174. The lowest BCUT2D eigenvalue weighted by Crippen LogP contribution is -2.37. The number of nitrogens with zero attached hydrogens (tertiary/aromatic N) is 3. The van der Waals surface area contributed by atoms with Crippen LogP contribution in [-0.4, -0.2) is 52.3 Å². The number of fused-ring (bicyclic) bond motifs is 1. The van der Waals surface area contributed by atoms with E-state index in [1.165, 1.54) is 36.4 Å². The second kappa shape index (κ2) is 9.62. The molecule has 0 atom stereocenters. The molecular weight excluding hydrogens is 510 g/mol. The van der Waals surface area contributed by atoms with Gasteiger partial charge < -0.3 is 14.8 Å². The highest BCUT2D eigenvalue weighted by molar-refractivity contribution is 7.92. The van der Waals surface area contributed by atoms with Crippen LogP contribution in [0.1, 0.15) is 11.4 Å². The Morgan fingerprint density at radius 2 is 1.58 bits per heavy atom. The first-order valence-electron chi connectivity index (χ1n) is 10.5. The number of ether oxygens (including phenoxy) is 2. The number of aryl methyl sites for hydroxylation is 2. The summed E-state index contributed by atoms with van der Waals surface area (Å²) in [6.07, 6.45) is 0.983. The first-order valence-corrected chi connectivity index (χ1v) is 13.9. The maximum atomic E-state index is 12.7. The molecule has 190 valence electrons. The van der Waals surface area contributed by atoms with E-state index >= 15 is 0 Å². The van der Waals surface area contributed by atoms with Crippen molar-refractivity contribution in [2.45, 2.75) is 18.7 Å². The number of hydrogen-bond acceptors (Lipinski definition) is 9. The second-order valence-electron chi connectivity index (χ2n) is 7.96. The molecule has 1 aliphatic rings. The van der Waals surface area contributed by atoms with Crippen LogP contribution in [0.5, 0.6) is 11.5 Å². The molecule has 1 amide bonds. The smallest absolute Gasteiger partial charge is 0.264 e. The first kappa shape index (κ1) is 25.2. The fraction of sp³-hybridized carbons (Fsp3) is 0.227. The van der Waals surface area contributed by atoms with Gasteiger partial charge in [-0.05, 0) is 56.3 Å². The van der Waals surface area contributed by atoms with Gasteiger partial charge in [-0.3, -0.25) is 9.10 Å². The van der Waals surface area contributed by atoms with Crippen molar-refractivity contribution >= 4 is 43.3 Å². The molecular formula is C22H23N5O7S2. The van der Waals surface area contributed by atoms with Crippen LogP contribution in [0.15, 0.2) is 53.4 Å². The number of carbonyl (C=O) groups excluding carboxylic acids is 1. The molecule has 0 bridgehead atoms. The first-order chi connectivity index (χ1) is 16.9. The zero-order chi connectivity index (χ0) is 26.1. The second-order valence-corrected chi connectivity index (χ2v) is 11.5. The van der Waals surface area contributed by atoms with Gasteiger partial charge in [-0.2, -0.15) is 0 Å². The predicted molar refractivity (Wildman–Crippen MR) is 132 cm³/mol. The summed E-state index contributed by atoms with van der Waals surface area (Å²) in [7, 11) is -7.78. The average Bonchev–Trinajstić information content (AvgIpc) is 3.24. The van der Waals surface area contributed by atoms with Gasteiger partial charge in [0, 0.05) is 23.1 Å². The molecule has 0 radical (unpaired) electrons. The van der Waals surface area contributed by atoms with Crippen molar-refractivity contribution in [2.24, 2.45) is 0 Å². The molecule has 0 saturated carbocycles. The van der Waals surface area contributed by atoms with Crippen LogP contribution in [0, 0.1) is 13.8 Å². The van der Waals surface area contributed by atoms with Crippen molar-refractivity contribution in [3.8, 4) is 11.5 Å². The van der Waals surface area contributed by atoms with Gasteiger partial charge >= 0.3 is 0 Å². The lowest BCUT2D eigenvalue weighted by molar-refractivity contribution is -0.114. The van der Waals surface area contributed by atoms with Crippen LogP contribution < -0.4 is 23.8 Å². The van der Waals surface area contributed by atoms with E-state index in [0.717, 1.165) is 10.6 Å². The van der Waals surface area contributed by atoms with Gasteiger partial charge in [-0.15, -0.1) is 0 Å². The van der Waals surface area contributed by atoms with Crippen LogP contribution in [0.25, 0.3) is 0 Å². The molecule has 0 spiro atoms. The third kappa shape index (κ3) is 5.83. The van der Waals surface area contributed by atoms with E-state index in [9.17, 15) is 21.6 Å². The standard InChI is InChI=1S/C22H23N5O7S2/c1-14-10-15(2)24-22(23-14)26-36(31,32)18-7-4-16(5-8-18)25-21(28)12-27(35(3,29)30)17-6-9-19-20(11-17)34-13-33-19/h4-11H,12-13H2,1-3H3,(H,25,28)(H,23,24,26). The van der Waals surface area contributed by atoms with Gasteiger partial charge in [0.1, 0.15) is 6.54 Å². The van der Waals surface area contributed by atoms with E-state index in [1.54, 1.807) is 26.0 Å². The van der Waals surface area contributed by atoms with Crippen molar-refractivity contribution in [3.05, 3.63) is 59.9 Å². The van der Waals surface area contributed by atoms with Gasteiger partial charge in [0.2, 0.25) is 28.7 Å². The fourth-order valence-corrected chi connectivity index (χ4v) is 5.23. The Kier molecular flexibility index (Phi) is 6.73. The number of nitrogens with one attached hydrogen (secondary N) is 2. The topological polar surface area (TPSA) is 157 Å². The van der Waals surface area contributed by atoms with Gasteiger partial charge in [-0.1, -0.05) is 0 Å². The third-order valence-corrected chi connectivity index (χ3v) is 7.47. The molecule has 2 aromatic carbocycles. The van der Waals surface area contributed by atoms with Crippen LogP contribution in [0.4, 0.5) is 17.3 Å². The molecule has 1 aromatic heterocycles. The summed E-state index contributed by atoms with van der Waals surface area (Å²) in [6, 6.07) is 11.6. The Labute approximate surface area is 208 Å². The van der Waals surface area contributed by atoms with Gasteiger partial charge in [-0.25, -0.2) is 31.5 Å². The van der Waals surface area contributed by atoms with Crippen LogP contribution in [0.2, 0.25) is 0 Å². The lowest BCUT2D eigenvalue weighted by atomic mass is 10.2. The predicted octanol–water partition coefficient (Wildman–Crippen LogP) is 2.03. The lowest BCUT2D eigenvalue weighted by Gasteiger charge is -2.22. The summed E-state index contributed by atoms with van der Waals surface area (Å²) < 4.78 is 63.8. The molecule has 0 unspecified atom stereocenters.